The highest BCUT2D eigenvalue weighted by Crippen LogP contribution is 2.40. The first-order valence-electron chi connectivity index (χ1n) is 9.85. The van der Waals surface area contributed by atoms with Crippen LogP contribution in [-0.2, 0) is 4.74 Å². The second-order valence-electron chi connectivity index (χ2n) is 8.26. The van der Waals surface area contributed by atoms with Gasteiger partial charge in [0.05, 0.1) is 28.8 Å². The molecule has 146 valence electrons. The highest BCUT2D eigenvalue weighted by molar-refractivity contribution is 6.00. The summed E-state index contributed by atoms with van der Waals surface area (Å²) in [7, 11) is 0. The fourth-order valence-electron chi connectivity index (χ4n) is 3.86. The molecule has 1 aliphatic heterocycles. The molecule has 1 saturated heterocycles. The number of aromatic amines is 1. The van der Waals surface area contributed by atoms with Gasteiger partial charge in [0.15, 0.2) is 0 Å². The zero-order valence-corrected chi connectivity index (χ0v) is 16.4. The number of nitrogens with zero attached hydrogens (tertiary/aromatic N) is 5. The highest BCUT2D eigenvalue weighted by Gasteiger charge is 2.38. The number of anilines is 2. The Balaban J connectivity index is 1.54. The Hall–Kier alpha value is -2.74. The van der Waals surface area contributed by atoms with Gasteiger partial charge >= 0.3 is 0 Å². The Bertz CT molecular complexity index is 1000. The Kier molecular flexibility index (Phi) is 3.97. The van der Waals surface area contributed by atoms with Crippen molar-refractivity contribution in [2.45, 2.75) is 51.4 Å². The van der Waals surface area contributed by atoms with Crippen molar-refractivity contribution < 1.29 is 4.74 Å². The largest absolute Gasteiger partial charge is 0.372 e. The summed E-state index contributed by atoms with van der Waals surface area (Å²) in [6.45, 7) is 8.03. The van der Waals surface area contributed by atoms with Gasteiger partial charge in [-0.1, -0.05) is 0 Å². The number of aromatic nitrogens is 5. The van der Waals surface area contributed by atoms with Crippen LogP contribution in [0.1, 0.15) is 33.6 Å². The van der Waals surface area contributed by atoms with Gasteiger partial charge in [-0.2, -0.15) is 5.10 Å². The third kappa shape index (κ3) is 3.17. The molecule has 2 fully saturated rings. The summed E-state index contributed by atoms with van der Waals surface area (Å²) in [5.74, 6) is 1.76. The van der Waals surface area contributed by atoms with Gasteiger partial charge in [0.1, 0.15) is 23.7 Å². The first-order chi connectivity index (χ1) is 13.5. The average Bonchev–Trinajstić information content (AvgIpc) is 3.23. The van der Waals surface area contributed by atoms with Crippen LogP contribution in [0.15, 0.2) is 24.7 Å². The topological polar surface area (TPSA) is 91.9 Å². The first kappa shape index (κ1) is 17.4. The average molecular weight is 379 g/mol. The lowest BCUT2D eigenvalue weighted by atomic mass is 10.1. The van der Waals surface area contributed by atoms with E-state index in [-0.39, 0.29) is 17.7 Å². The van der Waals surface area contributed by atoms with Crippen LogP contribution in [0.2, 0.25) is 0 Å². The quantitative estimate of drug-likeness (QED) is 0.720. The normalized spacial score (nSPS) is 23.8. The van der Waals surface area contributed by atoms with Gasteiger partial charge in [-0.15, -0.1) is 0 Å². The van der Waals surface area contributed by atoms with Crippen LogP contribution in [0.25, 0.3) is 22.3 Å². The summed E-state index contributed by atoms with van der Waals surface area (Å²) < 4.78 is 5.85. The van der Waals surface area contributed by atoms with Crippen molar-refractivity contribution in [1.82, 2.24) is 25.1 Å². The smallest absolute Gasteiger partial charge is 0.138 e. The van der Waals surface area contributed by atoms with E-state index in [1.54, 1.807) is 12.5 Å². The lowest BCUT2D eigenvalue weighted by Crippen LogP contribution is -2.45. The maximum absolute atomic E-state index is 5.85. The van der Waals surface area contributed by atoms with Crippen molar-refractivity contribution in [3.05, 3.63) is 24.7 Å². The van der Waals surface area contributed by atoms with Crippen molar-refractivity contribution in [3.63, 3.8) is 0 Å². The lowest BCUT2D eigenvalue weighted by Gasteiger charge is -2.36. The number of ether oxygens (including phenoxy) is 1. The number of morpholine rings is 1. The molecular weight excluding hydrogens is 354 g/mol. The Labute approximate surface area is 163 Å². The molecule has 3 aromatic rings. The molecule has 0 spiro atoms. The van der Waals surface area contributed by atoms with Crippen molar-refractivity contribution >= 4 is 22.5 Å². The Morgan fingerprint density at radius 1 is 1.18 bits per heavy atom. The summed E-state index contributed by atoms with van der Waals surface area (Å²) in [5.41, 5.74) is 2.67. The van der Waals surface area contributed by atoms with E-state index in [0.29, 0.717) is 0 Å². The van der Waals surface area contributed by atoms with Crippen LogP contribution in [-0.4, -0.2) is 56.0 Å². The van der Waals surface area contributed by atoms with E-state index in [1.807, 2.05) is 12.1 Å². The predicted molar refractivity (Wildman–Crippen MR) is 108 cm³/mol. The molecule has 2 aliphatic rings. The van der Waals surface area contributed by atoms with E-state index in [4.69, 9.17) is 4.74 Å². The molecule has 28 heavy (non-hydrogen) atoms. The highest BCUT2D eigenvalue weighted by atomic mass is 16.5. The summed E-state index contributed by atoms with van der Waals surface area (Å²) in [4.78, 5) is 15.8. The number of rotatable bonds is 4. The fraction of sp³-hybridized carbons (Fsp3) is 0.500. The zero-order valence-electron chi connectivity index (χ0n) is 16.4. The SMILES string of the molecule is C[C@@H]1CN(c2cc(-c3n[nH]c4ccnc(NC5(C)CC5)c34)ncn2)C[C@H](C)O1. The summed E-state index contributed by atoms with van der Waals surface area (Å²) >= 11 is 0. The zero-order chi connectivity index (χ0) is 19.3. The second kappa shape index (κ2) is 6.41. The van der Waals surface area contributed by atoms with Gasteiger partial charge in [0.25, 0.3) is 0 Å². The molecule has 3 aromatic heterocycles. The van der Waals surface area contributed by atoms with E-state index >= 15 is 0 Å². The van der Waals surface area contributed by atoms with E-state index in [2.05, 4.69) is 56.1 Å². The minimum atomic E-state index is 0.132. The molecular formula is C20H25N7O. The third-order valence-corrected chi connectivity index (χ3v) is 5.53. The molecule has 0 bridgehead atoms. The molecule has 0 radical (unpaired) electrons. The van der Waals surface area contributed by atoms with E-state index in [9.17, 15) is 0 Å². The van der Waals surface area contributed by atoms with Crippen molar-refractivity contribution in [1.29, 1.82) is 0 Å². The number of pyridine rings is 1. The molecule has 2 N–H and O–H groups in total. The molecule has 5 rings (SSSR count). The first-order valence-corrected chi connectivity index (χ1v) is 9.85. The predicted octanol–water partition coefficient (Wildman–Crippen LogP) is 2.99. The monoisotopic (exact) mass is 379 g/mol. The number of nitrogens with one attached hydrogen (secondary N) is 2. The van der Waals surface area contributed by atoms with Crippen molar-refractivity contribution in [2.75, 3.05) is 23.3 Å². The van der Waals surface area contributed by atoms with Gasteiger partial charge in [-0.05, 0) is 39.7 Å². The van der Waals surface area contributed by atoms with Crippen molar-refractivity contribution in [3.8, 4) is 11.4 Å². The maximum Gasteiger partial charge on any atom is 0.138 e. The number of fused-ring (bicyclic) bond motifs is 1. The molecule has 0 unspecified atom stereocenters. The van der Waals surface area contributed by atoms with Crippen LogP contribution in [0, 0.1) is 0 Å². The standard InChI is InChI=1S/C20H25N7O/c1-12-9-27(10-13(2)28-12)16-8-15(22-11-23-16)18-17-14(25-26-18)4-7-21-19(17)24-20(3)5-6-20/h4,7-8,11-13H,5-6,9-10H2,1-3H3,(H,21,24)(H,25,26)/t12-,13+. The molecule has 0 aromatic carbocycles. The van der Waals surface area contributed by atoms with Gasteiger partial charge < -0.3 is 15.0 Å². The Morgan fingerprint density at radius 3 is 2.71 bits per heavy atom. The van der Waals surface area contributed by atoms with Crippen LogP contribution >= 0.6 is 0 Å². The van der Waals surface area contributed by atoms with Crippen LogP contribution < -0.4 is 10.2 Å². The lowest BCUT2D eigenvalue weighted by molar-refractivity contribution is -0.00546. The van der Waals surface area contributed by atoms with Gasteiger partial charge in [0.2, 0.25) is 0 Å². The van der Waals surface area contributed by atoms with Gasteiger partial charge in [-0.3, -0.25) is 5.10 Å². The second-order valence-corrected chi connectivity index (χ2v) is 8.26. The molecule has 8 nitrogen and oxygen atoms in total. The number of hydrogen-bond donors (Lipinski definition) is 2. The molecule has 4 heterocycles. The minimum Gasteiger partial charge on any atom is -0.372 e. The van der Waals surface area contributed by atoms with Gasteiger partial charge in [-0.25, -0.2) is 15.0 Å². The van der Waals surface area contributed by atoms with Crippen LogP contribution in [0.5, 0.6) is 0 Å². The molecule has 1 saturated carbocycles. The molecule has 1 aliphatic carbocycles. The minimum absolute atomic E-state index is 0.132. The fourth-order valence-corrected chi connectivity index (χ4v) is 3.86. The molecule has 0 amide bonds. The molecule has 8 heteroatoms. The third-order valence-electron chi connectivity index (χ3n) is 5.53. The van der Waals surface area contributed by atoms with E-state index in [0.717, 1.165) is 59.9 Å². The number of hydrogen-bond acceptors (Lipinski definition) is 7. The number of H-pyrrole nitrogens is 1. The van der Waals surface area contributed by atoms with Gasteiger partial charge in [0, 0.05) is 30.9 Å². The molecule has 2 atom stereocenters. The Morgan fingerprint density at radius 2 is 1.96 bits per heavy atom. The van der Waals surface area contributed by atoms with Crippen molar-refractivity contribution in [2.24, 2.45) is 0 Å². The van der Waals surface area contributed by atoms with Crippen LogP contribution in [0.4, 0.5) is 11.6 Å². The van der Waals surface area contributed by atoms with E-state index < -0.39 is 0 Å². The van der Waals surface area contributed by atoms with E-state index in [1.165, 1.54) is 0 Å². The van der Waals surface area contributed by atoms with Crippen LogP contribution in [0.3, 0.4) is 0 Å². The summed E-state index contributed by atoms with van der Waals surface area (Å²) in [5, 5.41) is 12.2. The maximum atomic E-state index is 5.85. The summed E-state index contributed by atoms with van der Waals surface area (Å²) in [6, 6.07) is 3.95. The summed E-state index contributed by atoms with van der Waals surface area (Å²) in [6.07, 6.45) is 6.08.